The Morgan fingerprint density at radius 2 is 1.65 bits per heavy atom. The summed E-state index contributed by atoms with van der Waals surface area (Å²) in [5, 5.41) is 2.47. The van der Waals surface area contributed by atoms with E-state index in [-0.39, 0.29) is 17.3 Å². The van der Waals surface area contributed by atoms with Crippen molar-refractivity contribution in [3.05, 3.63) is 60.2 Å². The fraction of sp³-hybridized carbons (Fsp3) is 0.235. The number of amides is 1. The van der Waals surface area contributed by atoms with Crippen molar-refractivity contribution >= 4 is 21.6 Å². The molecular weight excluding hydrogens is 312 g/mol. The standard InChI is InChI=1S/C17H20N2O3S/c1-3-14-9-11-15(12-10-14)19(13-17(20)18-2)23(21,22)16-7-5-4-6-8-16/h4-12H,3,13H2,1-2H3,(H,18,20). The lowest BCUT2D eigenvalue weighted by molar-refractivity contribution is -0.119. The van der Waals surface area contributed by atoms with Crippen LogP contribution in [-0.2, 0) is 21.2 Å². The molecule has 0 aliphatic heterocycles. The molecule has 6 heteroatoms. The molecule has 0 fully saturated rings. The van der Waals surface area contributed by atoms with Gasteiger partial charge in [0, 0.05) is 7.05 Å². The van der Waals surface area contributed by atoms with Crippen molar-refractivity contribution in [3.8, 4) is 0 Å². The van der Waals surface area contributed by atoms with E-state index in [0.29, 0.717) is 5.69 Å². The summed E-state index contributed by atoms with van der Waals surface area (Å²) < 4.78 is 26.9. The van der Waals surface area contributed by atoms with Gasteiger partial charge in [-0.3, -0.25) is 9.10 Å². The molecule has 5 nitrogen and oxygen atoms in total. The molecule has 0 heterocycles. The molecular formula is C17H20N2O3S. The first-order chi connectivity index (χ1) is 11.0. The predicted molar refractivity (Wildman–Crippen MR) is 90.9 cm³/mol. The Bertz CT molecular complexity index is 756. The van der Waals surface area contributed by atoms with Crippen molar-refractivity contribution in [3.63, 3.8) is 0 Å². The van der Waals surface area contributed by atoms with Crippen LogP contribution in [-0.4, -0.2) is 27.9 Å². The van der Waals surface area contributed by atoms with E-state index in [1.807, 2.05) is 19.1 Å². The number of sulfonamides is 1. The van der Waals surface area contributed by atoms with Crippen LogP contribution in [0.1, 0.15) is 12.5 Å². The van der Waals surface area contributed by atoms with Gasteiger partial charge in [0.05, 0.1) is 10.6 Å². The number of nitrogens with zero attached hydrogens (tertiary/aromatic N) is 1. The summed E-state index contributed by atoms with van der Waals surface area (Å²) in [6.07, 6.45) is 0.862. The number of rotatable bonds is 6. The molecule has 0 atom stereocenters. The number of nitrogens with one attached hydrogen (secondary N) is 1. The van der Waals surface area contributed by atoms with E-state index in [2.05, 4.69) is 5.32 Å². The van der Waals surface area contributed by atoms with Crippen molar-refractivity contribution < 1.29 is 13.2 Å². The first-order valence-electron chi connectivity index (χ1n) is 7.36. The highest BCUT2D eigenvalue weighted by Crippen LogP contribution is 2.24. The lowest BCUT2D eigenvalue weighted by atomic mass is 10.1. The maximum absolute atomic E-state index is 12.9. The third-order valence-electron chi connectivity index (χ3n) is 3.53. The van der Waals surface area contributed by atoms with Crippen molar-refractivity contribution in [2.24, 2.45) is 0 Å². The zero-order valence-corrected chi connectivity index (χ0v) is 14.0. The van der Waals surface area contributed by atoms with Crippen molar-refractivity contribution in [2.45, 2.75) is 18.2 Å². The molecule has 0 unspecified atom stereocenters. The topological polar surface area (TPSA) is 66.5 Å². The highest BCUT2D eigenvalue weighted by atomic mass is 32.2. The number of hydrogen-bond donors (Lipinski definition) is 1. The molecule has 1 amide bonds. The SMILES string of the molecule is CCc1ccc(N(CC(=O)NC)S(=O)(=O)c2ccccc2)cc1. The van der Waals surface area contributed by atoms with Crippen LogP contribution in [0.15, 0.2) is 59.5 Å². The zero-order chi connectivity index (χ0) is 16.9. The normalized spacial score (nSPS) is 11.0. The second-order valence-electron chi connectivity index (χ2n) is 5.02. The van der Waals surface area contributed by atoms with Crippen LogP contribution in [0.3, 0.4) is 0 Å². The molecule has 122 valence electrons. The van der Waals surface area contributed by atoms with Crippen molar-refractivity contribution in [1.82, 2.24) is 5.32 Å². The smallest absolute Gasteiger partial charge is 0.264 e. The van der Waals surface area contributed by atoms with Crippen LogP contribution in [0.25, 0.3) is 0 Å². The molecule has 0 aliphatic carbocycles. The van der Waals surface area contributed by atoms with Crippen LogP contribution in [0.2, 0.25) is 0 Å². The van der Waals surface area contributed by atoms with E-state index >= 15 is 0 Å². The van der Waals surface area contributed by atoms with Gasteiger partial charge >= 0.3 is 0 Å². The van der Waals surface area contributed by atoms with Gasteiger partial charge in [-0.25, -0.2) is 8.42 Å². The summed E-state index contributed by atoms with van der Waals surface area (Å²) in [6, 6.07) is 15.3. The average molecular weight is 332 g/mol. The molecule has 0 aliphatic rings. The Hall–Kier alpha value is -2.34. The van der Waals surface area contributed by atoms with Gasteiger partial charge < -0.3 is 5.32 Å². The predicted octanol–water partition coefficient (Wildman–Crippen LogP) is 2.19. The lowest BCUT2D eigenvalue weighted by Gasteiger charge is -2.24. The highest BCUT2D eigenvalue weighted by molar-refractivity contribution is 7.92. The second-order valence-corrected chi connectivity index (χ2v) is 6.88. The number of benzene rings is 2. The van der Waals surface area contributed by atoms with Gasteiger partial charge in [0.25, 0.3) is 10.0 Å². The average Bonchev–Trinajstić information content (AvgIpc) is 2.60. The van der Waals surface area contributed by atoms with Crippen molar-refractivity contribution in [2.75, 3.05) is 17.9 Å². The molecule has 2 rings (SSSR count). The number of carbonyl (C=O) groups is 1. The largest absolute Gasteiger partial charge is 0.358 e. The summed E-state index contributed by atoms with van der Waals surface area (Å²) >= 11 is 0. The zero-order valence-electron chi connectivity index (χ0n) is 13.2. The van der Waals surface area contributed by atoms with Gasteiger partial charge in [-0.15, -0.1) is 0 Å². The van der Waals surface area contributed by atoms with Crippen molar-refractivity contribution in [1.29, 1.82) is 0 Å². The van der Waals surface area contributed by atoms with E-state index < -0.39 is 10.0 Å². The summed E-state index contributed by atoms with van der Waals surface area (Å²) in [4.78, 5) is 11.9. The van der Waals surface area contributed by atoms with Gasteiger partial charge in [-0.05, 0) is 36.2 Å². The Morgan fingerprint density at radius 1 is 1.04 bits per heavy atom. The Morgan fingerprint density at radius 3 is 2.17 bits per heavy atom. The number of likely N-dealkylation sites (N-methyl/N-ethyl adjacent to an activating group) is 1. The van der Waals surface area contributed by atoms with Crippen LogP contribution in [0, 0.1) is 0 Å². The maximum atomic E-state index is 12.9. The molecule has 2 aromatic rings. The third-order valence-corrected chi connectivity index (χ3v) is 5.32. The fourth-order valence-electron chi connectivity index (χ4n) is 2.14. The molecule has 0 spiro atoms. The summed E-state index contributed by atoms with van der Waals surface area (Å²) in [5.74, 6) is -0.371. The molecule has 2 aromatic carbocycles. The Balaban J connectivity index is 2.47. The lowest BCUT2D eigenvalue weighted by Crippen LogP contribution is -2.39. The Labute approximate surface area is 137 Å². The molecule has 0 radical (unpaired) electrons. The maximum Gasteiger partial charge on any atom is 0.264 e. The van der Waals surface area contributed by atoms with E-state index in [4.69, 9.17) is 0 Å². The number of aryl methyl sites for hydroxylation is 1. The molecule has 0 saturated carbocycles. The van der Waals surface area contributed by atoms with Gasteiger partial charge in [-0.2, -0.15) is 0 Å². The molecule has 0 saturated heterocycles. The molecule has 23 heavy (non-hydrogen) atoms. The highest BCUT2D eigenvalue weighted by Gasteiger charge is 2.26. The summed E-state index contributed by atoms with van der Waals surface area (Å²) in [6.45, 7) is 1.76. The van der Waals surface area contributed by atoms with E-state index in [1.54, 1.807) is 30.3 Å². The first-order valence-corrected chi connectivity index (χ1v) is 8.80. The fourth-order valence-corrected chi connectivity index (χ4v) is 3.58. The van der Waals surface area contributed by atoms with Crippen LogP contribution >= 0.6 is 0 Å². The minimum atomic E-state index is -3.81. The minimum Gasteiger partial charge on any atom is -0.358 e. The van der Waals surface area contributed by atoms with Crippen LogP contribution in [0.5, 0.6) is 0 Å². The van der Waals surface area contributed by atoms with Gasteiger partial charge in [0.15, 0.2) is 0 Å². The summed E-state index contributed by atoms with van der Waals surface area (Å²) in [7, 11) is -2.32. The minimum absolute atomic E-state index is 0.156. The van der Waals surface area contributed by atoms with Crippen LogP contribution < -0.4 is 9.62 Å². The third kappa shape index (κ3) is 3.90. The first kappa shape index (κ1) is 17.0. The van der Waals surface area contributed by atoms with E-state index in [1.165, 1.54) is 19.2 Å². The molecule has 0 bridgehead atoms. The number of anilines is 1. The second kappa shape index (κ2) is 7.28. The van der Waals surface area contributed by atoms with Gasteiger partial charge in [0.1, 0.15) is 6.54 Å². The number of hydrogen-bond acceptors (Lipinski definition) is 3. The quantitative estimate of drug-likeness (QED) is 0.882. The van der Waals surface area contributed by atoms with Gasteiger partial charge in [-0.1, -0.05) is 37.3 Å². The number of carbonyl (C=O) groups excluding carboxylic acids is 1. The van der Waals surface area contributed by atoms with E-state index in [0.717, 1.165) is 16.3 Å². The Kier molecular flexibility index (Phi) is 5.39. The monoisotopic (exact) mass is 332 g/mol. The summed E-state index contributed by atoms with van der Waals surface area (Å²) in [5.41, 5.74) is 1.57. The molecule has 1 N–H and O–H groups in total. The van der Waals surface area contributed by atoms with E-state index in [9.17, 15) is 13.2 Å². The molecule has 0 aromatic heterocycles. The van der Waals surface area contributed by atoms with Crippen LogP contribution in [0.4, 0.5) is 5.69 Å². The van der Waals surface area contributed by atoms with Gasteiger partial charge in [0.2, 0.25) is 5.91 Å².